The van der Waals surface area contributed by atoms with E-state index >= 15 is 0 Å². The van der Waals surface area contributed by atoms with Crippen molar-refractivity contribution in [3.8, 4) is 0 Å². The third-order valence-electron chi connectivity index (χ3n) is 4.66. The van der Waals surface area contributed by atoms with Gasteiger partial charge in [0.25, 0.3) is 0 Å². The molecule has 1 aliphatic heterocycles. The molecule has 1 N–H and O–H groups in total. The number of aliphatic carboxylic acids is 1. The van der Waals surface area contributed by atoms with Crippen LogP contribution in [0.2, 0.25) is 0 Å². The molecule has 1 aliphatic carbocycles. The zero-order chi connectivity index (χ0) is 14.0. The molecule has 0 aromatic heterocycles. The molecule has 108 valence electrons. The van der Waals surface area contributed by atoms with Gasteiger partial charge in [-0.15, -0.1) is 0 Å². The maximum Gasteiger partial charge on any atom is 0.326 e. The van der Waals surface area contributed by atoms with E-state index in [1.54, 1.807) is 4.90 Å². The second-order valence-electron chi connectivity index (χ2n) is 5.97. The van der Waals surface area contributed by atoms with Crippen LogP contribution in [-0.4, -0.2) is 40.2 Å². The van der Waals surface area contributed by atoms with E-state index in [1.165, 1.54) is 12.8 Å². The molecule has 4 atom stereocenters. The fourth-order valence-electron chi connectivity index (χ4n) is 3.47. The lowest BCUT2D eigenvalue weighted by Gasteiger charge is -2.45. The average molecular weight is 285 g/mol. The molecule has 0 radical (unpaired) electrons. The third-order valence-corrected chi connectivity index (χ3v) is 5.21. The van der Waals surface area contributed by atoms with E-state index in [-0.39, 0.29) is 11.8 Å². The molecule has 0 bridgehead atoms. The van der Waals surface area contributed by atoms with Gasteiger partial charge in [0, 0.05) is 18.2 Å². The molecule has 0 aromatic rings. The number of amides is 1. The number of fused-ring (bicyclic) bond motifs is 1. The zero-order valence-corrected chi connectivity index (χ0v) is 12.3. The van der Waals surface area contributed by atoms with Gasteiger partial charge in [-0.05, 0) is 24.7 Å². The van der Waals surface area contributed by atoms with Gasteiger partial charge in [0.1, 0.15) is 6.04 Å². The highest BCUT2D eigenvalue weighted by Crippen LogP contribution is 2.39. The summed E-state index contributed by atoms with van der Waals surface area (Å²) in [6.45, 7) is 2.44. The predicted molar refractivity (Wildman–Crippen MR) is 76.2 cm³/mol. The van der Waals surface area contributed by atoms with Crippen LogP contribution in [0.4, 0.5) is 0 Å². The molecule has 1 saturated heterocycles. The fraction of sp³-hybridized carbons (Fsp3) is 0.857. The van der Waals surface area contributed by atoms with Gasteiger partial charge >= 0.3 is 5.97 Å². The van der Waals surface area contributed by atoms with E-state index in [0.717, 1.165) is 12.8 Å². The van der Waals surface area contributed by atoms with Crippen LogP contribution in [0.3, 0.4) is 0 Å². The largest absolute Gasteiger partial charge is 0.480 e. The van der Waals surface area contributed by atoms with Gasteiger partial charge < -0.3 is 10.0 Å². The molecular weight excluding hydrogens is 262 g/mol. The Bertz CT molecular complexity index is 361. The highest BCUT2D eigenvalue weighted by Gasteiger charge is 2.42. The monoisotopic (exact) mass is 285 g/mol. The van der Waals surface area contributed by atoms with Crippen molar-refractivity contribution >= 4 is 24.5 Å². The van der Waals surface area contributed by atoms with Gasteiger partial charge in [0.05, 0.1) is 0 Å². The number of carbonyl (C=O) groups is 2. The quantitative estimate of drug-likeness (QED) is 0.780. The number of rotatable bonds is 3. The maximum absolute atomic E-state index is 12.3. The normalized spacial score (nSPS) is 32.5. The number of nitrogens with zero attached hydrogens (tertiary/aromatic N) is 1. The molecular formula is C14H23NO3S. The van der Waals surface area contributed by atoms with E-state index < -0.39 is 12.0 Å². The van der Waals surface area contributed by atoms with E-state index in [0.29, 0.717) is 30.6 Å². The lowest BCUT2D eigenvalue weighted by Crippen LogP contribution is -2.55. The second kappa shape index (κ2) is 6.16. The summed E-state index contributed by atoms with van der Waals surface area (Å²) in [5.41, 5.74) is 0. The number of thiol groups is 1. The standard InChI is InChI=1S/C14H23NO3S/c1-9(8-19)13(16)15-7-11-5-3-2-4-10(11)6-12(15)14(17)18/h9-12,19H,2-8H2,1H3,(H,17,18)/t9-,10?,11?,12?/m1/s1. The first-order chi connectivity index (χ1) is 9.04. The molecule has 0 aromatic carbocycles. The molecule has 1 heterocycles. The zero-order valence-electron chi connectivity index (χ0n) is 11.4. The summed E-state index contributed by atoms with van der Waals surface area (Å²) in [7, 11) is 0. The van der Waals surface area contributed by atoms with E-state index in [1.807, 2.05) is 6.92 Å². The minimum atomic E-state index is -0.858. The highest BCUT2D eigenvalue weighted by molar-refractivity contribution is 7.80. The van der Waals surface area contributed by atoms with Crippen molar-refractivity contribution in [3.05, 3.63) is 0 Å². The van der Waals surface area contributed by atoms with E-state index in [4.69, 9.17) is 0 Å². The van der Waals surface area contributed by atoms with Crippen LogP contribution >= 0.6 is 12.6 Å². The first kappa shape index (κ1) is 14.7. The van der Waals surface area contributed by atoms with Crippen molar-refractivity contribution in [2.24, 2.45) is 17.8 Å². The SMILES string of the molecule is C[C@H](CS)C(=O)N1CC2CCCCC2CC1C(=O)O. The smallest absolute Gasteiger partial charge is 0.326 e. The average Bonchev–Trinajstić information content (AvgIpc) is 2.44. The van der Waals surface area contributed by atoms with Gasteiger partial charge in [-0.2, -0.15) is 12.6 Å². The van der Waals surface area contributed by atoms with Crippen LogP contribution in [0.5, 0.6) is 0 Å². The highest BCUT2D eigenvalue weighted by atomic mass is 32.1. The van der Waals surface area contributed by atoms with Crippen molar-refractivity contribution in [2.45, 2.75) is 45.1 Å². The summed E-state index contributed by atoms with van der Waals surface area (Å²) in [6, 6.07) is -0.630. The first-order valence-electron chi connectivity index (χ1n) is 7.18. The molecule has 1 amide bonds. The number of likely N-dealkylation sites (tertiary alicyclic amines) is 1. The van der Waals surface area contributed by atoms with Crippen molar-refractivity contribution in [1.29, 1.82) is 0 Å². The molecule has 19 heavy (non-hydrogen) atoms. The van der Waals surface area contributed by atoms with Crippen molar-refractivity contribution in [2.75, 3.05) is 12.3 Å². The number of carboxylic acid groups (broad SMARTS) is 1. The number of hydrogen-bond acceptors (Lipinski definition) is 3. The third kappa shape index (κ3) is 3.07. The van der Waals surface area contributed by atoms with Crippen LogP contribution in [0.1, 0.15) is 39.0 Å². The van der Waals surface area contributed by atoms with Gasteiger partial charge in [-0.1, -0.05) is 26.2 Å². The molecule has 4 nitrogen and oxygen atoms in total. The van der Waals surface area contributed by atoms with Gasteiger partial charge in [-0.3, -0.25) is 4.79 Å². The summed E-state index contributed by atoms with van der Waals surface area (Å²) in [6.07, 6.45) is 5.30. The lowest BCUT2D eigenvalue weighted by molar-refractivity contribution is -0.157. The molecule has 2 rings (SSSR count). The van der Waals surface area contributed by atoms with Crippen molar-refractivity contribution in [3.63, 3.8) is 0 Å². The summed E-state index contributed by atoms with van der Waals surface area (Å²) >= 11 is 4.15. The summed E-state index contributed by atoms with van der Waals surface area (Å²) in [4.78, 5) is 25.4. The van der Waals surface area contributed by atoms with E-state index in [9.17, 15) is 14.7 Å². The van der Waals surface area contributed by atoms with Crippen molar-refractivity contribution in [1.82, 2.24) is 4.90 Å². The van der Waals surface area contributed by atoms with Crippen LogP contribution < -0.4 is 0 Å². The van der Waals surface area contributed by atoms with Crippen LogP contribution in [0.25, 0.3) is 0 Å². The Morgan fingerprint density at radius 1 is 1.32 bits per heavy atom. The predicted octanol–water partition coefficient (Wildman–Crippen LogP) is 2.04. The Morgan fingerprint density at radius 3 is 2.53 bits per heavy atom. The molecule has 2 aliphatic rings. The fourth-order valence-corrected chi connectivity index (χ4v) is 3.62. The molecule has 0 spiro atoms. The molecule has 3 unspecified atom stereocenters. The number of carboxylic acids is 1. The Labute approximate surface area is 120 Å². The van der Waals surface area contributed by atoms with E-state index in [2.05, 4.69) is 12.6 Å². The number of piperidine rings is 1. The van der Waals surface area contributed by atoms with Gasteiger partial charge in [-0.25, -0.2) is 4.79 Å². The second-order valence-corrected chi connectivity index (χ2v) is 6.33. The topological polar surface area (TPSA) is 57.6 Å². The summed E-state index contributed by atoms with van der Waals surface area (Å²) in [5, 5.41) is 9.39. The maximum atomic E-state index is 12.3. The summed E-state index contributed by atoms with van der Waals surface area (Å²) < 4.78 is 0. The Balaban J connectivity index is 2.14. The Morgan fingerprint density at radius 2 is 1.95 bits per heavy atom. The van der Waals surface area contributed by atoms with Gasteiger partial charge in [0.15, 0.2) is 0 Å². The van der Waals surface area contributed by atoms with Crippen LogP contribution in [0.15, 0.2) is 0 Å². The van der Waals surface area contributed by atoms with Crippen molar-refractivity contribution < 1.29 is 14.7 Å². The van der Waals surface area contributed by atoms with Crippen LogP contribution in [-0.2, 0) is 9.59 Å². The number of hydrogen-bond donors (Lipinski definition) is 2. The Kier molecular flexibility index (Phi) is 4.76. The first-order valence-corrected chi connectivity index (χ1v) is 7.82. The number of carbonyl (C=O) groups excluding carboxylic acids is 1. The lowest BCUT2D eigenvalue weighted by atomic mass is 9.72. The minimum Gasteiger partial charge on any atom is -0.480 e. The molecule has 1 saturated carbocycles. The minimum absolute atomic E-state index is 0.0496. The summed E-state index contributed by atoms with van der Waals surface area (Å²) in [5.74, 6) is 0.349. The molecule has 5 heteroatoms. The Hall–Kier alpha value is -0.710. The van der Waals surface area contributed by atoms with Crippen LogP contribution in [0, 0.1) is 17.8 Å². The van der Waals surface area contributed by atoms with Gasteiger partial charge in [0.2, 0.25) is 5.91 Å². The molecule has 2 fully saturated rings.